The molecule has 0 amide bonds. The molecule has 0 radical (unpaired) electrons. The van der Waals surface area contributed by atoms with Crippen LogP contribution in [-0.2, 0) is 4.74 Å². The van der Waals surface area contributed by atoms with Crippen LogP contribution in [0, 0.1) is 0 Å². The van der Waals surface area contributed by atoms with Crippen molar-refractivity contribution in [2.45, 2.75) is 45.6 Å². The number of benzene rings is 1. The molecule has 0 bridgehead atoms. The first-order valence-electron chi connectivity index (χ1n) is 7.50. The van der Waals surface area contributed by atoms with E-state index < -0.39 is 0 Å². The summed E-state index contributed by atoms with van der Waals surface area (Å²) in [6.07, 6.45) is 4.83. The molecule has 1 aromatic carbocycles. The molecule has 110 valence electrons. The largest absolute Gasteiger partial charge is 0.462 e. The molecule has 1 aliphatic rings. The van der Waals surface area contributed by atoms with Crippen molar-refractivity contribution < 1.29 is 9.53 Å². The van der Waals surface area contributed by atoms with Crippen LogP contribution in [0.25, 0.3) is 0 Å². The maximum absolute atomic E-state index is 11.7. The Morgan fingerprint density at radius 3 is 2.85 bits per heavy atom. The molecule has 20 heavy (non-hydrogen) atoms. The number of carbonyl (C=O) groups is 1. The highest BCUT2D eigenvalue weighted by molar-refractivity contribution is 5.92. The molecule has 1 unspecified atom stereocenters. The number of hydrogen-bond acceptors (Lipinski definition) is 4. The van der Waals surface area contributed by atoms with Gasteiger partial charge >= 0.3 is 5.97 Å². The third-order valence-corrected chi connectivity index (χ3v) is 3.95. The Labute approximate surface area is 120 Å². The van der Waals surface area contributed by atoms with Crippen LogP contribution in [0.5, 0.6) is 0 Å². The van der Waals surface area contributed by atoms with Gasteiger partial charge in [-0.1, -0.05) is 6.92 Å². The van der Waals surface area contributed by atoms with Crippen LogP contribution < -0.4 is 10.6 Å². The summed E-state index contributed by atoms with van der Waals surface area (Å²) in [5, 5.41) is 0. The van der Waals surface area contributed by atoms with E-state index in [0.29, 0.717) is 23.9 Å². The third kappa shape index (κ3) is 3.06. The quantitative estimate of drug-likeness (QED) is 0.677. The number of piperidine rings is 1. The summed E-state index contributed by atoms with van der Waals surface area (Å²) < 4.78 is 5.00. The van der Waals surface area contributed by atoms with E-state index in [0.717, 1.165) is 18.7 Å². The van der Waals surface area contributed by atoms with Crippen molar-refractivity contribution in [1.29, 1.82) is 0 Å². The van der Waals surface area contributed by atoms with Crippen molar-refractivity contribution in [3.63, 3.8) is 0 Å². The van der Waals surface area contributed by atoms with E-state index in [1.165, 1.54) is 19.3 Å². The van der Waals surface area contributed by atoms with Crippen molar-refractivity contribution in [2.75, 3.05) is 23.8 Å². The van der Waals surface area contributed by atoms with Crippen LogP contribution >= 0.6 is 0 Å². The SMILES string of the molecule is CCOC(=O)c1ccc(N2CCCCC2CC)c(N)c1. The summed E-state index contributed by atoms with van der Waals surface area (Å²) in [6, 6.07) is 6.05. The van der Waals surface area contributed by atoms with Gasteiger partial charge in [-0.25, -0.2) is 4.79 Å². The Morgan fingerprint density at radius 1 is 1.40 bits per heavy atom. The van der Waals surface area contributed by atoms with Gasteiger partial charge < -0.3 is 15.4 Å². The lowest BCUT2D eigenvalue weighted by molar-refractivity contribution is 0.0526. The smallest absolute Gasteiger partial charge is 0.338 e. The van der Waals surface area contributed by atoms with Gasteiger partial charge in [0.2, 0.25) is 0 Å². The van der Waals surface area contributed by atoms with Gasteiger partial charge in [-0.3, -0.25) is 0 Å². The number of ether oxygens (including phenoxy) is 1. The fourth-order valence-electron chi connectivity index (χ4n) is 2.90. The maximum Gasteiger partial charge on any atom is 0.338 e. The number of rotatable bonds is 4. The third-order valence-electron chi connectivity index (χ3n) is 3.95. The Balaban J connectivity index is 2.22. The molecule has 0 aromatic heterocycles. The van der Waals surface area contributed by atoms with E-state index in [1.54, 1.807) is 13.0 Å². The second-order valence-electron chi connectivity index (χ2n) is 5.25. The number of anilines is 2. The Morgan fingerprint density at radius 2 is 2.20 bits per heavy atom. The van der Waals surface area contributed by atoms with Gasteiger partial charge in [-0.2, -0.15) is 0 Å². The van der Waals surface area contributed by atoms with Gasteiger partial charge in [-0.05, 0) is 50.8 Å². The average molecular weight is 276 g/mol. The highest BCUT2D eigenvalue weighted by atomic mass is 16.5. The first-order chi connectivity index (χ1) is 9.67. The molecule has 1 saturated heterocycles. The molecule has 2 rings (SSSR count). The van der Waals surface area contributed by atoms with Crippen molar-refractivity contribution in [3.05, 3.63) is 23.8 Å². The van der Waals surface area contributed by atoms with Gasteiger partial charge in [0, 0.05) is 12.6 Å². The van der Waals surface area contributed by atoms with Crippen LogP contribution in [0.3, 0.4) is 0 Å². The molecule has 2 N–H and O–H groups in total. The van der Waals surface area contributed by atoms with Gasteiger partial charge in [0.25, 0.3) is 0 Å². The summed E-state index contributed by atoms with van der Waals surface area (Å²) in [7, 11) is 0. The molecule has 0 saturated carbocycles. The fraction of sp³-hybridized carbons (Fsp3) is 0.562. The van der Waals surface area contributed by atoms with E-state index in [4.69, 9.17) is 10.5 Å². The zero-order chi connectivity index (χ0) is 14.5. The molecule has 4 nitrogen and oxygen atoms in total. The summed E-state index contributed by atoms with van der Waals surface area (Å²) >= 11 is 0. The highest BCUT2D eigenvalue weighted by Gasteiger charge is 2.23. The van der Waals surface area contributed by atoms with Gasteiger partial charge in [0.1, 0.15) is 0 Å². The topological polar surface area (TPSA) is 55.6 Å². The molecule has 4 heteroatoms. The summed E-state index contributed by atoms with van der Waals surface area (Å²) in [5.41, 5.74) is 8.39. The predicted molar refractivity (Wildman–Crippen MR) is 82.1 cm³/mol. The van der Waals surface area contributed by atoms with Crippen LogP contribution in [0.4, 0.5) is 11.4 Å². The monoisotopic (exact) mass is 276 g/mol. The van der Waals surface area contributed by atoms with Crippen LogP contribution in [0.1, 0.15) is 49.9 Å². The van der Waals surface area contributed by atoms with Gasteiger partial charge in [-0.15, -0.1) is 0 Å². The average Bonchev–Trinajstić information content (AvgIpc) is 2.47. The number of nitrogens with two attached hydrogens (primary N) is 1. The van der Waals surface area contributed by atoms with Crippen LogP contribution in [0.15, 0.2) is 18.2 Å². The van der Waals surface area contributed by atoms with Crippen molar-refractivity contribution >= 4 is 17.3 Å². The van der Waals surface area contributed by atoms with Gasteiger partial charge in [0.05, 0.1) is 23.5 Å². The predicted octanol–water partition coefficient (Wildman–Crippen LogP) is 3.21. The summed E-state index contributed by atoms with van der Waals surface area (Å²) in [5.74, 6) is -0.309. The second kappa shape index (κ2) is 6.64. The lowest BCUT2D eigenvalue weighted by Crippen LogP contribution is -2.39. The lowest BCUT2D eigenvalue weighted by atomic mass is 9.98. The summed E-state index contributed by atoms with van der Waals surface area (Å²) in [4.78, 5) is 14.1. The van der Waals surface area contributed by atoms with E-state index in [2.05, 4.69) is 11.8 Å². The van der Waals surface area contributed by atoms with E-state index in [-0.39, 0.29) is 5.97 Å². The molecule has 1 aromatic rings. The molecule has 1 atom stereocenters. The number of esters is 1. The Kier molecular flexibility index (Phi) is 4.88. The first kappa shape index (κ1) is 14.7. The van der Waals surface area contributed by atoms with E-state index in [1.807, 2.05) is 12.1 Å². The minimum Gasteiger partial charge on any atom is -0.462 e. The molecule has 1 aliphatic heterocycles. The number of carbonyl (C=O) groups excluding carboxylic acids is 1. The second-order valence-corrected chi connectivity index (χ2v) is 5.25. The zero-order valence-electron chi connectivity index (χ0n) is 12.4. The fourth-order valence-corrected chi connectivity index (χ4v) is 2.90. The molecule has 1 heterocycles. The number of nitrogens with zero attached hydrogens (tertiary/aromatic N) is 1. The van der Waals surface area contributed by atoms with Crippen molar-refractivity contribution in [3.8, 4) is 0 Å². The minimum atomic E-state index is -0.309. The van der Waals surface area contributed by atoms with Gasteiger partial charge in [0.15, 0.2) is 0 Å². The number of nitrogen functional groups attached to an aromatic ring is 1. The Bertz CT molecular complexity index is 474. The molecular weight excluding hydrogens is 252 g/mol. The normalized spacial score (nSPS) is 18.9. The molecular formula is C16H24N2O2. The molecule has 0 spiro atoms. The van der Waals surface area contributed by atoms with Crippen molar-refractivity contribution in [1.82, 2.24) is 0 Å². The lowest BCUT2D eigenvalue weighted by Gasteiger charge is -2.37. The number of hydrogen-bond donors (Lipinski definition) is 1. The van der Waals surface area contributed by atoms with Crippen LogP contribution in [-0.4, -0.2) is 25.2 Å². The highest BCUT2D eigenvalue weighted by Crippen LogP contribution is 2.31. The first-order valence-corrected chi connectivity index (χ1v) is 7.50. The van der Waals surface area contributed by atoms with E-state index >= 15 is 0 Å². The summed E-state index contributed by atoms with van der Waals surface area (Å²) in [6.45, 7) is 5.44. The maximum atomic E-state index is 11.7. The molecule has 1 fully saturated rings. The van der Waals surface area contributed by atoms with Crippen LogP contribution in [0.2, 0.25) is 0 Å². The van der Waals surface area contributed by atoms with E-state index in [9.17, 15) is 4.79 Å². The zero-order valence-corrected chi connectivity index (χ0v) is 12.4. The standard InChI is InChI=1S/C16H24N2O2/c1-3-13-7-5-6-10-18(13)15-9-8-12(11-14(15)17)16(19)20-4-2/h8-9,11,13H,3-7,10,17H2,1-2H3. The Hall–Kier alpha value is -1.71. The van der Waals surface area contributed by atoms with Crippen molar-refractivity contribution in [2.24, 2.45) is 0 Å². The molecule has 0 aliphatic carbocycles. The minimum absolute atomic E-state index is 0.309.